The quantitative estimate of drug-likeness (QED) is 0.793. The molecule has 0 bridgehead atoms. The SMILES string of the molecule is Cc1sc(NC(=O)c2ccnnc2)nc1-c1ccc2c(c1)CCC2. The third-order valence-electron chi connectivity index (χ3n) is 4.24. The molecule has 0 radical (unpaired) electrons. The molecule has 1 aromatic carbocycles. The van der Waals surface area contributed by atoms with Gasteiger partial charge in [0.25, 0.3) is 5.91 Å². The van der Waals surface area contributed by atoms with Gasteiger partial charge in [-0.05, 0) is 49.4 Å². The average Bonchev–Trinajstić information content (AvgIpc) is 3.21. The summed E-state index contributed by atoms with van der Waals surface area (Å²) >= 11 is 1.49. The van der Waals surface area contributed by atoms with Gasteiger partial charge in [0.2, 0.25) is 0 Å². The molecule has 0 fully saturated rings. The van der Waals surface area contributed by atoms with Gasteiger partial charge in [0.1, 0.15) is 0 Å². The van der Waals surface area contributed by atoms with Crippen molar-refractivity contribution in [2.75, 3.05) is 5.32 Å². The van der Waals surface area contributed by atoms with Crippen molar-refractivity contribution in [2.45, 2.75) is 26.2 Å². The summed E-state index contributed by atoms with van der Waals surface area (Å²) in [5, 5.41) is 10.8. The molecule has 0 unspecified atom stereocenters. The first-order valence-electron chi connectivity index (χ1n) is 7.88. The van der Waals surface area contributed by atoms with Gasteiger partial charge in [-0.3, -0.25) is 10.1 Å². The lowest BCUT2D eigenvalue weighted by Crippen LogP contribution is -2.12. The Morgan fingerprint density at radius 1 is 1.17 bits per heavy atom. The van der Waals surface area contributed by atoms with Gasteiger partial charge in [0.15, 0.2) is 5.13 Å². The lowest BCUT2D eigenvalue weighted by Gasteiger charge is -2.03. The third kappa shape index (κ3) is 2.80. The zero-order valence-electron chi connectivity index (χ0n) is 13.2. The fourth-order valence-electron chi connectivity index (χ4n) is 3.03. The number of rotatable bonds is 3. The highest BCUT2D eigenvalue weighted by atomic mass is 32.1. The topological polar surface area (TPSA) is 67.8 Å². The Hall–Kier alpha value is -2.60. The number of hydrogen-bond acceptors (Lipinski definition) is 5. The van der Waals surface area contributed by atoms with Crippen molar-refractivity contribution >= 4 is 22.4 Å². The molecule has 1 aliphatic rings. The maximum absolute atomic E-state index is 12.2. The molecule has 1 N–H and O–H groups in total. The zero-order valence-corrected chi connectivity index (χ0v) is 14.1. The molecule has 24 heavy (non-hydrogen) atoms. The van der Waals surface area contributed by atoms with Gasteiger partial charge in [-0.2, -0.15) is 10.2 Å². The summed E-state index contributed by atoms with van der Waals surface area (Å²) in [7, 11) is 0. The van der Waals surface area contributed by atoms with Crippen LogP contribution in [0.5, 0.6) is 0 Å². The van der Waals surface area contributed by atoms with Crippen molar-refractivity contribution in [1.82, 2.24) is 15.2 Å². The number of thiazole rings is 1. The summed E-state index contributed by atoms with van der Waals surface area (Å²) < 4.78 is 0. The molecule has 3 aromatic rings. The molecule has 4 rings (SSSR count). The van der Waals surface area contributed by atoms with E-state index in [-0.39, 0.29) is 5.91 Å². The highest BCUT2D eigenvalue weighted by molar-refractivity contribution is 7.16. The fraction of sp³-hybridized carbons (Fsp3) is 0.222. The van der Waals surface area contributed by atoms with E-state index >= 15 is 0 Å². The molecule has 1 aliphatic carbocycles. The van der Waals surface area contributed by atoms with Gasteiger partial charge in [0, 0.05) is 10.4 Å². The van der Waals surface area contributed by atoms with Gasteiger partial charge in [-0.15, -0.1) is 11.3 Å². The number of amides is 1. The summed E-state index contributed by atoms with van der Waals surface area (Å²) in [5.74, 6) is -0.223. The third-order valence-corrected chi connectivity index (χ3v) is 5.12. The molecule has 0 atom stereocenters. The molecule has 1 amide bonds. The van der Waals surface area contributed by atoms with Crippen molar-refractivity contribution in [3.05, 3.63) is 58.2 Å². The molecule has 2 aromatic heterocycles. The second-order valence-corrected chi connectivity index (χ2v) is 7.05. The molecule has 5 nitrogen and oxygen atoms in total. The number of benzene rings is 1. The second-order valence-electron chi connectivity index (χ2n) is 5.85. The van der Waals surface area contributed by atoms with Crippen LogP contribution in [0.3, 0.4) is 0 Å². The van der Waals surface area contributed by atoms with E-state index in [0.29, 0.717) is 10.7 Å². The largest absolute Gasteiger partial charge is 0.298 e. The predicted octanol–water partition coefficient (Wildman–Crippen LogP) is 3.65. The highest BCUT2D eigenvalue weighted by Crippen LogP contribution is 2.33. The minimum Gasteiger partial charge on any atom is -0.298 e. The smallest absolute Gasteiger partial charge is 0.259 e. The molecule has 0 spiro atoms. The molecule has 120 valence electrons. The van der Waals surface area contributed by atoms with Gasteiger partial charge in [-0.25, -0.2) is 4.98 Å². The van der Waals surface area contributed by atoms with Gasteiger partial charge < -0.3 is 0 Å². The molecular formula is C18H16N4OS. The van der Waals surface area contributed by atoms with Crippen LogP contribution in [0.4, 0.5) is 5.13 Å². The van der Waals surface area contributed by atoms with E-state index in [4.69, 9.17) is 0 Å². The highest BCUT2D eigenvalue weighted by Gasteiger charge is 2.16. The summed E-state index contributed by atoms with van der Waals surface area (Å²) in [6.07, 6.45) is 6.49. The Balaban J connectivity index is 1.60. The van der Waals surface area contributed by atoms with E-state index in [1.165, 1.54) is 47.7 Å². The van der Waals surface area contributed by atoms with Crippen LogP contribution < -0.4 is 5.32 Å². The second kappa shape index (κ2) is 6.13. The minimum absolute atomic E-state index is 0.223. The van der Waals surface area contributed by atoms with E-state index in [9.17, 15) is 4.79 Å². The maximum Gasteiger partial charge on any atom is 0.259 e. The molecule has 0 saturated carbocycles. The number of carbonyl (C=O) groups is 1. The first kappa shape index (κ1) is 15.0. The van der Waals surface area contributed by atoms with Crippen LogP contribution in [0.25, 0.3) is 11.3 Å². The lowest BCUT2D eigenvalue weighted by atomic mass is 10.0. The summed E-state index contributed by atoms with van der Waals surface area (Å²) in [5.41, 5.74) is 5.41. The van der Waals surface area contributed by atoms with Crippen LogP contribution in [0.1, 0.15) is 32.8 Å². The Morgan fingerprint density at radius 3 is 2.88 bits per heavy atom. The van der Waals surface area contributed by atoms with Crippen molar-refractivity contribution in [2.24, 2.45) is 0 Å². The minimum atomic E-state index is -0.223. The van der Waals surface area contributed by atoms with E-state index in [1.54, 1.807) is 6.07 Å². The molecule has 0 aliphatic heterocycles. The lowest BCUT2D eigenvalue weighted by molar-refractivity contribution is 0.102. The van der Waals surface area contributed by atoms with Gasteiger partial charge in [-0.1, -0.05) is 12.1 Å². The maximum atomic E-state index is 12.2. The first-order chi connectivity index (χ1) is 11.7. The van der Waals surface area contributed by atoms with Gasteiger partial charge in [0.05, 0.1) is 23.7 Å². The van der Waals surface area contributed by atoms with E-state index < -0.39 is 0 Å². The number of hydrogen-bond donors (Lipinski definition) is 1. The zero-order chi connectivity index (χ0) is 16.5. The van der Waals surface area contributed by atoms with E-state index in [1.807, 2.05) is 6.92 Å². The van der Waals surface area contributed by atoms with Crippen molar-refractivity contribution in [3.63, 3.8) is 0 Å². The van der Waals surface area contributed by atoms with Crippen LogP contribution in [-0.2, 0) is 12.8 Å². The fourth-order valence-corrected chi connectivity index (χ4v) is 3.86. The number of anilines is 1. The number of carbonyl (C=O) groups excluding carboxylic acids is 1. The monoisotopic (exact) mass is 336 g/mol. The van der Waals surface area contributed by atoms with Gasteiger partial charge >= 0.3 is 0 Å². The normalized spacial score (nSPS) is 12.9. The van der Waals surface area contributed by atoms with Crippen LogP contribution in [0, 0.1) is 6.92 Å². The number of nitrogens with one attached hydrogen (secondary N) is 1. The van der Waals surface area contributed by atoms with Crippen molar-refractivity contribution in [3.8, 4) is 11.3 Å². The number of nitrogens with zero attached hydrogens (tertiary/aromatic N) is 3. The van der Waals surface area contributed by atoms with E-state index in [2.05, 4.69) is 38.7 Å². The summed E-state index contributed by atoms with van der Waals surface area (Å²) in [4.78, 5) is 17.9. The molecule has 6 heteroatoms. The van der Waals surface area contributed by atoms with Crippen molar-refractivity contribution in [1.29, 1.82) is 0 Å². The predicted molar refractivity (Wildman–Crippen MR) is 94.3 cm³/mol. The van der Waals surface area contributed by atoms with Crippen LogP contribution in [-0.4, -0.2) is 21.1 Å². The number of fused-ring (bicyclic) bond motifs is 1. The van der Waals surface area contributed by atoms with Crippen LogP contribution in [0.2, 0.25) is 0 Å². The van der Waals surface area contributed by atoms with Crippen LogP contribution >= 0.6 is 11.3 Å². The van der Waals surface area contributed by atoms with E-state index in [0.717, 1.165) is 22.6 Å². The molecular weight excluding hydrogens is 320 g/mol. The standard InChI is InChI=1S/C18H16N4OS/c1-11-16(14-6-5-12-3-2-4-13(12)9-14)21-18(24-11)22-17(23)15-7-8-19-20-10-15/h5-10H,2-4H2,1H3,(H,21,22,23). The average molecular weight is 336 g/mol. The number of aromatic nitrogens is 3. The Morgan fingerprint density at radius 2 is 2.04 bits per heavy atom. The summed E-state index contributed by atoms with van der Waals surface area (Å²) in [6, 6.07) is 8.20. The Kier molecular flexibility index (Phi) is 3.82. The molecule has 2 heterocycles. The Bertz CT molecular complexity index is 905. The number of aryl methyl sites for hydroxylation is 3. The first-order valence-corrected chi connectivity index (χ1v) is 8.70. The summed E-state index contributed by atoms with van der Waals surface area (Å²) in [6.45, 7) is 2.03. The Labute approximate surface area is 143 Å². The van der Waals surface area contributed by atoms with Crippen LogP contribution in [0.15, 0.2) is 36.7 Å². The van der Waals surface area contributed by atoms with Crippen molar-refractivity contribution < 1.29 is 4.79 Å². The molecule has 0 saturated heterocycles.